The SMILES string of the molecule is Cc1ccc[cH-]1.[Co].[Co].[Co].[Co].c1cc[cH-]c1.c1cc[cH-]c1.c1cc[cH-]c1. The Kier molecular flexibility index (Phi) is 33.0. The summed E-state index contributed by atoms with van der Waals surface area (Å²) in [5.74, 6) is 0. The zero-order valence-electron chi connectivity index (χ0n) is 13.8. The van der Waals surface area contributed by atoms with Crippen LogP contribution in [0.4, 0.5) is 0 Å². The molecule has 4 aromatic carbocycles. The summed E-state index contributed by atoms with van der Waals surface area (Å²) in [6.45, 7) is 2.08. The Bertz CT molecular complexity index is 448. The molecule has 0 bridgehead atoms. The average Bonchev–Trinajstić information content (AvgIpc) is 3.28. The molecule has 0 amide bonds. The van der Waals surface area contributed by atoms with E-state index in [9.17, 15) is 0 Å². The third kappa shape index (κ3) is 23.4. The third-order valence-corrected chi connectivity index (χ3v) is 2.50. The summed E-state index contributed by atoms with van der Waals surface area (Å²) in [5.41, 5.74) is 1.34. The van der Waals surface area contributed by atoms with Crippen LogP contribution in [0.5, 0.6) is 0 Å². The van der Waals surface area contributed by atoms with Crippen molar-refractivity contribution in [2.75, 3.05) is 0 Å². The van der Waals surface area contributed by atoms with Crippen LogP contribution < -0.4 is 0 Å². The van der Waals surface area contributed by atoms with E-state index in [4.69, 9.17) is 0 Å². The van der Waals surface area contributed by atoms with Crippen LogP contribution in [0.3, 0.4) is 0 Å². The molecule has 0 aliphatic carbocycles. The predicted molar refractivity (Wildman–Crippen MR) is 92.9 cm³/mol. The first kappa shape index (κ1) is 32.1. The van der Waals surface area contributed by atoms with E-state index in [0.29, 0.717) is 0 Å². The van der Waals surface area contributed by atoms with E-state index in [-0.39, 0.29) is 67.1 Å². The Morgan fingerprint density at radius 3 is 0.880 bits per heavy atom. The van der Waals surface area contributed by atoms with Crippen molar-refractivity contribution in [1.82, 2.24) is 0 Å². The van der Waals surface area contributed by atoms with Crippen LogP contribution in [0, 0.1) is 6.92 Å². The molecule has 0 fully saturated rings. The minimum atomic E-state index is 0. The van der Waals surface area contributed by atoms with E-state index in [1.54, 1.807) is 0 Å². The Morgan fingerprint density at radius 2 is 0.800 bits per heavy atom. The van der Waals surface area contributed by atoms with Gasteiger partial charge in [0.15, 0.2) is 0 Å². The van der Waals surface area contributed by atoms with Gasteiger partial charge in [-0.2, -0.15) is 72.3 Å². The predicted octanol–water partition coefficient (Wildman–Crippen LogP) is 5.92. The number of hydrogen-bond donors (Lipinski definition) is 0. The van der Waals surface area contributed by atoms with E-state index < -0.39 is 0 Å². The quantitative estimate of drug-likeness (QED) is 0.258. The molecule has 4 rings (SSSR count). The van der Waals surface area contributed by atoms with E-state index >= 15 is 0 Å². The second kappa shape index (κ2) is 25.7. The molecule has 0 spiro atoms. The van der Waals surface area contributed by atoms with Crippen molar-refractivity contribution in [3.63, 3.8) is 0 Å². The maximum atomic E-state index is 2.08. The van der Waals surface area contributed by atoms with Crippen molar-refractivity contribution < 1.29 is 67.1 Å². The van der Waals surface area contributed by atoms with Crippen molar-refractivity contribution in [3.05, 3.63) is 121 Å². The molecule has 0 N–H and O–H groups in total. The second-order valence-electron chi connectivity index (χ2n) is 4.35. The maximum absolute atomic E-state index is 2.08. The van der Waals surface area contributed by atoms with Gasteiger partial charge >= 0.3 is 0 Å². The van der Waals surface area contributed by atoms with Gasteiger partial charge in [-0.25, -0.2) is 48.5 Å². The first-order chi connectivity index (χ1) is 10.4. The van der Waals surface area contributed by atoms with E-state index in [0.717, 1.165) is 0 Å². The minimum absolute atomic E-state index is 0. The van der Waals surface area contributed by atoms with Gasteiger partial charge in [0, 0.05) is 67.1 Å². The summed E-state index contributed by atoms with van der Waals surface area (Å²) in [6.07, 6.45) is 0. The van der Waals surface area contributed by atoms with Gasteiger partial charge in [0.2, 0.25) is 0 Å². The first-order valence-electron chi connectivity index (χ1n) is 7.08. The van der Waals surface area contributed by atoms with Crippen LogP contribution in [0.1, 0.15) is 5.56 Å². The number of aryl methyl sites for hydroxylation is 1. The monoisotopic (exact) mass is 510 g/mol. The standard InChI is InChI=1S/C6H7.3C5H5.4Co/c1-6-4-2-3-5-6;3*1-2-4-5-3-1;;;;/h2-5H,1H3;3*1-5H;;;;/q4*-1;;;;. The summed E-state index contributed by atoms with van der Waals surface area (Å²) in [7, 11) is 0. The molecular weight excluding hydrogens is 488 g/mol. The zero-order chi connectivity index (χ0) is 15.0. The van der Waals surface area contributed by atoms with Crippen molar-refractivity contribution in [2.45, 2.75) is 6.92 Å². The van der Waals surface area contributed by atoms with Gasteiger partial charge in [-0.05, 0) is 0 Å². The summed E-state index contributed by atoms with van der Waals surface area (Å²) < 4.78 is 0. The molecule has 4 heteroatoms. The third-order valence-electron chi connectivity index (χ3n) is 2.50. The van der Waals surface area contributed by atoms with E-state index in [2.05, 4.69) is 19.1 Å². The normalized spacial score (nSPS) is 6.92. The zero-order valence-corrected chi connectivity index (χ0v) is 18.0. The van der Waals surface area contributed by atoms with Crippen LogP contribution in [0.25, 0.3) is 0 Å². The van der Waals surface area contributed by atoms with Crippen molar-refractivity contribution in [1.29, 1.82) is 0 Å². The van der Waals surface area contributed by atoms with Gasteiger partial charge < -0.3 is 0 Å². The van der Waals surface area contributed by atoms with Crippen LogP contribution in [-0.2, 0) is 67.1 Å². The molecule has 0 aliphatic heterocycles. The summed E-state index contributed by atoms with van der Waals surface area (Å²) in [5, 5.41) is 0. The van der Waals surface area contributed by atoms with Crippen molar-refractivity contribution in [2.24, 2.45) is 0 Å². The fraction of sp³-hybridized carbons (Fsp3) is 0.0476. The molecular formula is C21H22Co4-4. The Morgan fingerprint density at radius 1 is 0.480 bits per heavy atom. The molecule has 0 saturated carbocycles. The summed E-state index contributed by atoms with van der Waals surface area (Å²) in [4.78, 5) is 0. The van der Waals surface area contributed by atoms with E-state index in [1.807, 2.05) is 103 Å². The molecule has 0 aliphatic rings. The summed E-state index contributed by atoms with van der Waals surface area (Å²) in [6, 6.07) is 38.2. The van der Waals surface area contributed by atoms with Crippen molar-refractivity contribution >= 4 is 0 Å². The van der Waals surface area contributed by atoms with Gasteiger partial charge in [-0.1, -0.05) is 6.92 Å². The molecule has 0 nitrogen and oxygen atoms in total. The molecule has 0 heterocycles. The summed E-state index contributed by atoms with van der Waals surface area (Å²) >= 11 is 0. The van der Waals surface area contributed by atoms with Crippen LogP contribution >= 0.6 is 0 Å². The molecule has 25 heavy (non-hydrogen) atoms. The minimum Gasteiger partial charge on any atom is -0.214 e. The maximum Gasteiger partial charge on any atom is 0 e. The molecule has 4 radical (unpaired) electrons. The van der Waals surface area contributed by atoms with Gasteiger partial charge in [0.05, 0.1) is 0 Å². The van der Waals surface area contributed by atoms with Crippen LogP contribution in [-0.4, -0.2) is 0 Å². The fourth-order valence-electron chi connectivity index (χ4n) is 1.43. The van der Waals surface area contributed by atoms with Crippen molar-refractivity contribution in [3.8, 4) is 0 Å². The van der Waals surface area contributed by atoms with Crippen LogP contribution in [0.2, 0.25) is 0 Å². The first-order valence-corrected chi connectivity index (χ1v) is 7.08. The molecule has 146 valence electrons. The molecule has 0 aromatic heterocycles. The second-order valence-corrected chi connectivity index (χ2v) is 4.35. The van der Waals surface area contributed by atoms with Gasteiger partial charge in [-0.3, -0.25) is 0 Å². The Labute approximate surface area is 193 Å². The molecule has 4 aromatic rings. The number of rotatable bonds is 0. The van der Waals surface area contributed by atoms with Gasteiger partial charge in [0.25, 0.3) is 0 Å². The number of hydrogen-bond acceptors (Lipinski definition) is 0. The molecule has 0 saturated heterocycles. The van der Waals surface area contributed by atoms with Gasteiger partial charge in [0.1, 0.15) is 0 Å². The Hall–Kier alpha value is -0.574. The smallest absolute Gasteiger partial charge is 0 e. The van der Waals surface area contributed by atoms with E-state index in [1.165, 1.54) is 5.56 Å². The molecule has 0 atom stereocenters. The van der Waals surface area contributed by atoms with Crippen LogP contribution in [0.15, 0.2) is 115 Å². The van der Waals surface area contributed by atoms with Gasteiger partial charge in [-0.15, -0.1) is 0 Å². The average molecular weight is 510 g/mol. The fourth-order valence-corrected chi connectivity index (χ4v) is 1.43. The Balaban J connectivity index is -0.000000112. The topological polar surface area (TPSA) is 0 Å². The largest absolute Gasteiger partial charge is 0.214 e. The molecule has 0 unspecified atom stereocenters.